The van der Waals surface area contributed by atoms with Gasteiger partial charge < -0.3 is 19.7 Å². The van der Waals surface area contributed by atoms with Crippen molar-refractivity contribution in [1.82, 2.24) is 15.3 Å². The van der Waals surface area contributed by atoms with Crippen molar-refractivity contribution in [3.05, 3.63) is 66.0 Å². The molecule has 0 aliphatic carbocycles. The van der Waals surface area contributed by atoms with Crippen molar-refractivity contribution >= 4 is 23.5 Å². The van der Waals surface area contributed by atoms with Gasteiger partial charge in [0.2, 0.25) is 5.91 Å². The monoisotopic (exact) mass is 478 g/mol. The third-order valence-electron chi connectivity index (χ3n) is 5.89. The Bertz CT molecular complexity index is 1140. The smallest absolute Gasteiger partial charge is 0.225 e. The van der Waals surface area contributed by atoms with E-state index < -0.39 is 0 Å². The molecule has 1 amide bonds. The maximum Gasteiger partial charge on any atom is 0.225 e. The zero-order valence-electron chi connectivity index (χ0n) is 19.8. The Kier molecular flexibility index (Phi) is 7.90. The van der Waals surface area contributed by atoms with E-state index in [0.29, 0.717) is 18.8 Å². The zero-order valence-corrected chi connectivity index (χ0v) is 20.6. The van der Waals surface area contributed by atoms with Crippen LogP contribution < -0.4 is 19.7 Å². The molecule has 1 aromatic heterocycles. The fourth-order valence-corrected chi connectivity index (χ4v) is 5.11. The van der Waals surface area contributed by atoms with E-state index in [1.807, 2.05) is 24.3 Å². The van der Waals surface area contributed by atoms with Crippen molar-refractivity contribution in [3.63, 3.8) is 0 Å². The first-order chi connectivity index (χ1) is 16.6. The van der Waals surface area contributed by atoms with E-state index in [0.717, 1.165) is 46.4 Å². The molecule has 8 heteroatoms. The molecule has 0 spiro atoms. The molecule has 4 rings (SSSR count). The average Bonchev–Trinajstić information content (AvgIpc) is 2.87. The van der Waals surface area contributed by atoms with E-state index in [1.165, 1.54) is 5.56 Å². The molecule has 34 heavy (non-hydrogen) atoms. The van der Waals surface area contributed by atoms with E-state index in [1.54, 1.807) is 38.4 Å². The number of aryl methyl sites for hydroxylation is 1. The molecule has 0 radical (unpaired) electrons. The quantitative estimate of drug-likeness (QED) is 0.511. The number of carbonyl (C=O) groups excluding carboxylic acids is 1. The Balaban J connectivity index is 1.42. The van der Waals surface area contributed by atoms with Crippen LogP contribution in [0.25, 0.3) is 0 Å². The first-order valence-corrected chi connectivity index (χ1v) is 12.2. The number of rotatable bonds is 8. The average molecular weight is 479 g/mol. The number of amides is 1. The number of nitrogens with zero attached hydrogens (tertiary/aromatic N) is 3. The summed E-state index contributed by atoms with van der Waals surface area (Å²) in [5, 5.41) is 3.94. The second-order valence-corrected chi connectivity index (χ2v) is 9.35. The summed E-state index contributed by atoms with van der Waals surface area (Å²) in [4.78, 5) is 25.6. The topological polar surface area (TPSA) is 76.6 Å². The van der Waals surface area contributed by atoms with Gasteiger partial charge in [-0.15, -0.1) is 0 Å². The summed E-state index contributed by atoms with van der Waals surface area (Å²) in [6, 6.07) is 14.0. The third kappa shape index (κ3) is 5.80. The Morgan fingerprint density at radius 3 is 2.79 bits per heavy atom. The summed E-state index contributed by atoms with van der Waals surface area (Å²) >= 11 is 1.61. The van der Waals surface area contributed by atoms with E-state index in [2.05, 4.69) is 45.3 Å². The van der Waals surface area contributed by atoms with Gasteiger partial charge >= 0.3 is 0 Å². The molecule has 1 N–H and O–H groups in total. The first-order valence-electron chi connectivity index (χ1n) is 11.4. The highest BCUT2D eigenvalue weighted by atomic mass is 32.2. The van der Waals surface area contributed by atoms with Crippen LogP contribution in [0.2, 0.25) is 0 Å². The van der Waals surface area contributed by atoms with Crippen LogP contribution in [0.15, 0.2) is 64.8 Å². The van der Waals surface area contributed by atoms with Gasteiger partial charge in [-0.2, -0.15) is 0 Å². The molecule has 1 aliphatic heterocycles. The van der Waals surface area contributed by atoms with Gasteiger partial charge in [-0.25, -0.2) is 9.97 Å². The molecule has 178 valence electrons. The third-order valence-corrected chi connectivity index (χ3v) is 6.86. The fraction of sp³-hybridized carbons (Fsp3) is 0.346. The van der Waals surface area contributed by atoms with Gasteiger partial charge in [0.1, 0.15) is 16.5 Å². The van der Waals surface area contributed by atoms with Crippen molar-refractivity contribution in [1.29, 1.82) is 0 Å². The molecular weight excluding hydrogens is 448 g/mol. The maximum atomic E-state index is 13.0. The normalized spacial score (nSPS) is 15.6. The molecule has 1 saturated heterocycles. The summed E-state index contributed by atoms with van der Waals surface area (Å²) in [5.41, 5.74) is 2.12. The maximum absolute atomic E-state index is 13.0. The molecule has 1 atom stereocenters. The largest absolute Gasteiger partial charge is 0.497 e. The number of hydrogen-bond donors (Lipinski definition) is 1. The van der Waals surface area contributed by atoms with Crippen LogP contribution in [0, 0.1) is 12.8 Å². The highest BCUT2D eigenvalue weighted by Gasteiger charge is 2.28. The van der Waals surface area contributed by atoms with Gasteiger partial charge in [-0.3, -0.25) is 4.79 Å². The van der Waals surface area contributed by atoms with E-state index in [9.17, 15) is 4.79 Å². The summed E-state index contributed by atoms with van der Waals surface area (Å²) in [7, 11) is 3.24. The van der Waals surface area contributed by atoms with Crippen LogP contribution in [0.4, 0.5) is 5.82 Å². The molecule has 0 bridgehead atoms. The predicted molar refractivity (Wildman–Crippen MR) is 134 cm³/mol. The van der Waals surface area contributed by atoms with Crippen LogP contribution in [0.1, 0.15) is 24.0 Å². The van der Waals surface area contributed by atoms with Crippen LogP contribution in [0.5, 0.6) is 11.5 Å². The van der Waals surface area contributed by atoms with Gasteiger partial charge in [0.05, 0.1) is 20.1 Å². The lowest BCUT2D eigenvalue weighted by Gasteiger charge is -2.33. The van der Waals surface area contributed by atoms with Crippen LogP contribution in [-0.2, 0) is 11.3 Å². The van der Waals surface area contributed by atoms with Gasteiger partial charge in [-0.1, -0.05) is 29.5 Å². The minimum absolute atomic E-state index is 0.0411. The highest BCUT2D eigenvalue weighted by Crippen LogP contribution is 2.34. The van der Waals surface area contributed by atoms with Crippen molar-refractivity contribution in [3.8, 4) is 11.5 Å². The van der Waals surface area contributed by atoms with Gasteiger partial charge in [0.25, 0.3) is 0 Å². The second-order valence-electron chi connectivity index (χ2n) is 8.28. The minimum atomic E-state index is -0.114. The van der Waals surface area contributed by atoms with E-state index in [4.69, 9.17) is 9.47 Å². The lowest BCUT2D eigenvalue weighted by molar-refractivity contribution is -0.125. The van der Waals surface area contributed by atoms with Crippen LogP contribution in [0.3, 0.4) is 0 Å². The molecule has 7 nitrogen and oxygen atoms in total. The minimum Gasteiger partial charge on any atom is -0.497 e. The molecule has 3 aromatic rings. The Morgan fingerprint density at radius 1 is 1.15 bits per heavy atom. The number of ether oxygens (including phenoxy) is 2. The number of benzene rings is 2. The number of aromatic nitrogens is 2. The van der Waals surface area contributed by atoms with E-state index in [-0.39, 0.29) is 11.8 Å². The van der Waals surface area contributed by atoms with Gasteiger partial charge in [0, 0.05) is 48.6 Å². The first kappa shape index (κ1) is 23.9. The van der Waals surface area contributed by atoms with Crippen LogP contribution in [-0.4, -0.2) is 43.2 Å². The van der Waals surface area contributed by atoms with Crippen molar-refractivity contribution in [2.75, 3.05) is 32.2 Å². The summed E-state index contributed by atoms with van der Waals surface area (Å²) in [5.74, 6) is 2.18. The number of anilines is 1. The Morgan fingerprint density at radius 2 is 2.00 bits per heavy atom. The summed E-state index contributed by atoms with van der Waals surface area (Å²) in [6.07, 6.45) is 5.21. The highest BCUT2D eigenvalue weighted by molar-refractivity contribution is 7.99. The number of methoxy groups -OCH3 is 2. The van der Waals surface area contributed by atoms with E-state index >= 15 is 0 Å². The second kappa shape index (κ2) is 11.2. The lowest BCUT2D eigenvalue weighted by atomic mass is 9.97. The molecule has 2 aromatic carbocycles. The van der Waals surface area contributed by atoms with Crippen LogP contribution >= 0.6 is 11.8 Å². The van der Waals surface area contributed by atoms with Gasteiger partial charge in [0.15, 0.2) is 5.82 Å². The Hall–Kier alpha value is -3.26. The standard InChI is InChI=1S/C26H30N4O3S/c1-18-6-4-8-22(14-18)34-26-24(27-11-12-28-26)30-13-5-7-20(17-30)25(31)29-16-19-9-10-21(32-2)15-23(19)33-3/h4,6,8-12,14-15,20H,5,7,13,16-17H2,1-3H3,(H,29,31)/t20-/m1/s1. The summed E-state index contributed by atoms with van der Waals surface area (Å²) in [6.45, 7) is 3.96. The number of nitrogens with one attached hydrogen (secondary N) is 1. The predicted octanol–water partition coefficient (Wildman–Crippen LogP) is 4.49. The molecule has 0 unspecified atom stereocenters. The lowest BCUT2D eigenvalue weighted by Crippen LogP contribution is -2.43. The zero-order chi connectivity index (χ0) is 23.9. The summed E-state index contributed by atoms with van der Waals surface area (Å²) < 4.78 is 10.7. The van der Waals surface area contributed by atoms with Gasteiger partial charge in [-0.05, 0) is 44.0 Å². The molecule has 0 saturated carbocycles. The van der Waals surface area contributed by atoms with Crippen molar-refractivity contribution < 1.29 is 14.3 Å². The molecule has 2 heterocycles. The Labute approximate surface area is 204 Å². The number of hydrogen-bond acceptors (Lipinski definition) is 7. The number of piperidine rings is 1. The van der Waals surface area contributed by atoms with Crippen molar-refractivity contribution in [2.24, 2.45) is 5.92 Å². The number of carbonyl (C=O) groups is 1. The van der Waals surface area contributed by atoms with Crippen molar-refractivity contribution in [2.45, 2.75) is 36.2 Å². The SMILES string of the molecule is COc1ccc(CNC(=O)[C@@H]2CCCN(c3nccnc3Sc3cccc(C)c3)C2)c(OC)c1. The molecule has 1 fully saturated rings. The molecule has 1 aliphatic rings. The molecular formula is C26H30N4O3S. The fourth-order valence-electron chi connectivity index (χ4n) is 4.11.